The minimum absolute atomic E-state index is 0.300. The Labute approximate surface area is 147 Å². The fourth-order valence-corrected chi connectivity index (χ4v) is 2.77. The van der Waals surface area contributed by atoms with Gasteiger partial charge in [0.1, 0.15) is 5.58 Å². The average molecular weight is 337 g/mol. The van der Waals surface area contributed by atoms with Gasteiger partial charge in [-0.25, -0.2) is 4.79 Å². The minimum atomic E-state index is -0.300. The normalized spacial score (nSPS) is 11.0. The Hall–Kier alpha value is -2.66. The SMILES string of the molecule is Cc1cc2oc(=O)cc(CNCCCNc3cccnc3)c2cc1C. The van der Waals surface area contributed by atoms with Crippen LogP contribution in [0, 0.1) is 13.8 Å². The monoisotopic (exact) mass is 337 g/mol. The second kappa shape index (κ2) is 7.94. The zero-order valence-electron chi connectivity index (χ0n) is 14.6. The first-order chi connectivity index (χ1) is 12.1. The van der Waals surface area contributed by atoms with Gasteiger partial charge in [0.25, 0.3) is 0 Å². The molecule has 0 saturated carbocycles. The molecule has 0 aliphatic carbocycles. The number of pyridine rings is 1. The first-order valence-electron chi connectivity index (χ1n) is 8.52. The molecule has 0 aliphatic heterocycles. The van der Waals surface area contributed by atoms with Crippen LogP contribution in [-0.2, 0) is 6.54 Å². The highest BCUT2D eigenvalue weighted by Gasteiger charge is 2.07. The zero-order chi connectivity index (χ0) is 17.6. The predicted molar refractivity (Wildman–Crippen MR) is 101 cm³/mol. The molecule has 2 aromatic heterocycles. The lowest BCUT2D eigenvalue weighted by Gasteiger charge is -2.10. The van der Waals surface area contributed by atoms with Crippen molar-refractivity contribution >= 4 is 16.7 Å². The molecule has 25 heavy (non-hydrogen) atoms. The van der Waals surface area contributed by atoms with E-state index in [0.29, 0.717) is 12.1 Å². The van der Waals surface area contributed by atoms with Crippen LogP contribution in [0.1, 0.15) is 23.1 Å². The fourth-order valence-electron chi connectivity index (χ4n) is 2.77. The van der Waals surface area contributed by atoms with Crippen LogP contribution in [-0.4, -0.2) is 18.1 Å². The number of fused-ring (bicyclic) bond motifs is 1. The number of hydrogen-bond donors (Lipinski definition) is 2. The van der Waals surface area contributed by atoms with Gasteiger partial charge in [-0.05, 0) is 67.8 Å². The van der Waals surface area contributed by atoms with E-state index in [1.165, 1.54) is 5.56 Å². The third-order valence-corrected chi connectivity index (χ3v) is 4.28. The Kier molecular flexibility index (Phi) is 5.46. The molecule has 2 heterocycles. The molecule has 5 heteroatoms. The quantitative estimate of drug-likeness (QED) is 0.511. The van der Waals surface area contributed by atoms with Crippen LogP contribution in [0.4, 0.5) is 5.69 Å². The molecule has 0 unspecified atom stereocenters. The highest BCUT2D eigenvalue weighted by molar-refractivity contribution is 5.81. The van der Waals surface area contributed by atoms with Gasteiger partial charge in [-0.3, -0.25) is 4.98 Å². The average Bonchev–Trinajstić information content (AvgIpc) is 2.60. The first-order valence-corrected chi connectivity index (χ1v) is 8.52. The van der Waals surface area contributed by atoms with Crippen molar-refractivity contribution in [2.24, 2.45) is 0 Å². The van der Waals surface area contributed by atoms with Gasteiger partial charge < -0.3 is 15.1 Å². The second-order valence-electron chi connectivity index (χ2n) is 6.22. The van der Waals surface area contributed by atoms with Crippen LogP contribution in [0.2, 0.25) is 0 Å². The number of nitrogens with one attached hydrogen (secondary N) is 2. The molecule has 0 atom stereocenters. The van der Waals surface area contributed by atoms with E-state index in [4.69, 9.17) is 4.42 Å². The van der Waals surface area contributed by atoms with Crippen molar-refractivity contribution in [3.63, 3.8) is 0 Å². The number of nitrogens with zero attached hydrogens (tertiary/aromatic N) is 1. The van der Waals surface area contributed by atoms with Gasteiger partial charge in [-0.15, -0.1) is 0 Å². The predicted octanol–water partition coefficient (Wildman–Crippen LogP) is 3.40. The third-order valence-electron chi connectivity index (χ3n) is 4.28. The largest absolute Gasteiger partial charge is 0.423 e. The van der Waals surface area contributed by atoms with Gasteiger partial charge in [0.05, 0.1) is 5.69 Å². The molecule has 0 saturated heterocycles. The van der Waals surface area contributed by atoms with Crippen molar-refractivity contribution < 1.29 is 4.42 Å². The number of hydrogen-bond acceptors (Lipinski definition) is 5. The van der Waals surface area contributed by atoms with Crippen molar-refractivity contribution in [2.75, 3.05) is 18.4 Å². The minimum Gasteiger partial charge on any atom is -0.423 e. The van der Waals surface area contributed by atoms with Gasteiger partial charge in [0.2, 0.25) is 0 Å². The molecular formula is C20H23N3O2. The summed E-state index contributed by atoms with van der Waals surface area (Å²) in [6, 6.07) is 9.52. The van der Waals surface area contributed by atoms with Gasteiger partial charge in [-0.2, -0.15) is 0 Å². The second-order valence-corrected chi connectivity index (χ2v) is 6.22. The number of aryl methyl sites for hydroxylation is 2. The standard InChI is InChI=1S/C20H23N3O2/c1-14-9-18-16(11-20(24)25-19(18)10-15(14)2)12-21-7-4-8-23-17-5-3-6-22-13-17/h3,5-6,9-11,13,21,23H,4,7-8,12H2,1-2H3. The number of anilines is 1. The van der Waals surface area contributed by atoms with Crippen LogP contribution in [0.5, 0.6) is 0 Å². The lowest BCUT2D eigenvalue weighted by molar-refractivity contribution is 0.556. The zero-order valence-corrected chi connectivity index (χ0v) is 14.6. The van der Waals surface area contributed by atoms with Gasteiger partial charge >= 0.3 is 5.63 Å². The fraction of sp³-hybridized carbons (Fsp3) is 0.300. The van der Waals surface area contributed by atoms with Crippen molar-refractivity contribution in [1.29, 1.82) is 0 Å². The molecule has 0 spiro atoms. The molecule has 5 nitrogen and oxygen atoms in total. The van der Waals surface area contributed by atoms with Gasteiger partial charge in [0.15, 0.2) is 0 Å². The summed E-state index contributed by atoms with van der Waals surface area (Å²) in [6.45, 7) is 6.47. The van der Waals surface area contributed by atoms with Crippen molar-refractivity contribution in [3.8, 4) is 0 Å². The summed E-state index contributed by atoms with van der Waals surface area (Å²) in [5.74, 6) is 0. The van der Waals surface area contributed by atoms with E-state index in [-0.39, 0.29) is 5.63 Å². The van der Waals surface area contributed by atoms with Crippen LogP contribution in [0.3, 0.4) is 0 Å². The van der Waals surface area contributed by atoms with Gasteiger partial charge in [-0.1, -0.05) is 0 Å². The molecule has 130 valence electrons. The van der Waals surface area contributed by atoms with E-state index in [2.05, 4.69) is 28.6 Å². The van der Waals surface area contributed by atoms with E-state index in [1.54, 1.807) is 12.3 Å². The van der Waals surface area contributed by atoms with Crippen molar-refractivity contribution in [2.45, 2.75) is 26.8 Å². The molecule has 2 N–H and O–H groups in total. The Morgan fingerprint density at radius 1 is 1.12 bits per heavy atom. The molecule has 3 rings (SSSR count). The maximum Gasteiger partial charge on any atom is 0.336 e. The summed E-state index contributed by atoms with van der Waals surface area (Å²) in [5.41, 5.74) is 4.69. The molecule has 0 bridgehead atoms. The highest BCUT2D eigenvalue weighted by atomic mass is 16.4. The number of benzene rings is 1. The van der Waals surface area contributed by atoms with Crippen LogP contribution in [0.15, 0.2) is 51.9 Å². The topological polar surface area (TPSA) is 67.2 Å². The van der Waals surface area contributed by atoms with Crippen LogP contribution < -0.4 is 16.3 Å². The summed E-state index contributed by atoms with van der Waals surface area (Å²) in [4.78, 5) is 15.9. The molecule has 1 aromatic carbocycles. The van der Waals surface area contributed by atoms with Crippen LogP contribution >= 0.6 is 0 Å². The summed E-state index contributed by atoms with van der Waals surface area (Å²) in [7, 11) is 0. The van der Waals surface area contributed by atoms with E-state index in [0.717, 1.165) is 41.7 Å². The van der Waals surface area contributed by atoms with Gasteiger partial charge in [0, 0.05) is 36.9 Å². The summed E-state index contributed by atoms with van der Waals surface area (Å²) < 4.78 is 5.33. The first kappa shape index (κ1) is 17.2. The van der Waals surface area contributed by atoms with E-state index in [9.17, 15) is 4.79 Å². The number of rotatable bonds is 7. The molecule has 0 radical (unpaired) electrons. The maximum atomic E-state index is 11.8. The van der Waals surface area contributed by atoms with E-state index < -0.39 is 0 Å². The third kappa shape index (κ3) is 4.45. The van der Waals surface area contributed by atoms with Crippen LogP contribution in [0.25, 0.3) is 11.0 Å². The molecular weight excluding hydrogens is 314 g/mol. The lowest BCUT2D eigenvalue weighted by Crippen LogP contribution is -2.18. The Balaban J connectivity index is 1.56. The highest BCUT2D eigenvalue weighted by Crippen LogP contribution is 2.21. The molecule has 0 fully saturated rings. The molecule has 0 amide bonds. The molecule has 3 aromatic rings. The van der Waals surface area contributed by atoms with Crippen molar-refractivity contribution in [1.82, 2.24) is 10.3 Å². The Morgan fingerprint density at radius 2 is 1.96 bits per heavy atom. The molecule has 0 aliphatic rings. The smallest absolute Gasteiger partial charge is 0.336 e. The summed E-state index contributed by atoms with van der Waals surface area (Å²) in [5, 5.41) is 7.74. The Bertz CT molecular complexity index is 904. The Morgan fingerprint density at radius 3 is 2.76 bits per heavy atom. The van der Waals surface area contributed by atoms with Crippen molar-refractivity contribution in [3.05, 3.63) is 69.8 Å². The summed E-state index contributed by atoms with van der Waals surface area (Å²) >= 11 is 0. The number of aromatic nitrogens is 1. The summed E-state index contributed by atoms with van der Waals surface area (Å²) in [6.07, 6.45) is 4.55. The van der Waals surface area contributed by atoms with E-state index >= 15 is 0 Å². The van der Waals surface area contributed by atoms with E-state index in [1.807, 2.05) is 31.3 Å². The maximum absolute atomic E-state index is 11.8. The lowest BCUT2D eigenvalue weighted by atomic mass is 10.0.